The van der Waals surface area contributed by atoms with E-state index in [4.69, 9.17) is 0 Å². The van der Waals surface area contributed by atoms with Gasteiger partial charge in [-0.1, -0.05) is 19.3 Å². The highest BCUT2D eigenvalue weighted by Gasteiger charge is 2.38. The standard InChI is InChI=1S/C11H19F3N2O/c12-11(13,14)10(17)15-6-9-16-7-4-2-1-3-5-8-16/h1-9H2,(H,15,17). The number of hydrogen-bond donors (Lipinski definition) is 1. The number of likely N-dealkylation sites (tertiary alicyclic amines) is 1. The van der Waals surface area contributed by atoms with Crippen molar-refractivity contribution in [3.63, 3.8) is 0 Å². The Bertz CT molecular complexity index is 235. The van der Waals surface area contributed by atoms with E-state index in [1.807, 2.05) is 5.32 Å². The van der Waals surface area contributed by atoms with Gasteiger partial charge in [-0.25, -0.2) is 0 Å². The van der Waals surface area contributed by atoms with Crippen LogP contribution in [-0.4, -0.2) is 43.2 Å². The largest absolute Gasteiger partial charge is 0.471 e. The Morgan fingerprint density at radius 1 is 1.06 bits per heavy atom. The minimum Gasteiger partial charge on any atom is -0.347 e. The topological polar surface area (TPSA) is 32.3 Å². The lowest BCUT2D eigenvalue weighted by Gasteiger charge is -2.24. The highest BCUT2D eigenvalue weighted by Crippen LogP contribution is 2.14. The number of nitrogens with zero attached hydrogens (tertiary/aromatic N) is 1. The molecule has 1 fully saturated rings. The number of hydrogen-bond acceptors (Lipinski definition) is 2. The Labute approximate surface area is 99.4 Å². The summed E-state index contributed by atoms with van der Waals surface area (Å²) in [6.07, 6.45) is 1.03. The Balaban J connectivity index is 2.18. The molecule has 0 aromatic rings. The van der Waals surface area contributed by atoms with Gasteiger partial charge in [0.05, 0.1) is 0 Å². The maximum atomic E-state index is 11.9. The van der Waals surface area contributed by atoms with Crippen LogP contribution in [0.3, 0.4) is 0 Å². The smallest absolute Gasteiger partial charge is 0.347 e. The number of amides is 1. The summed E-state index contributed by atoms with van der Waals surface area (Å²) in [5.74, 6) is -1.84. The van der Waals surface area contributed by atoms with Gasteiger partial charge in [0.1, 0.15) is 0 Å². The lowest BCUT2D eigenvalue weighted by atomic mass is 10.1. The molecule has 0 aromatic heterocycles. The number of carbonyl (C=O) groups is 1. The van der Waals surface area contributed by atoms with Crippen molar-refractivity contribution >= 4 is 5.91 Å². The maximum absolute atomic E-state index is 11.9. The zero-order chi connectivity index (χ0) is 12.7. The molecule has 1 aliphatic heterocycles. The third-order valence-corrected chi connectivity index (χ3v) is 2.92. The molecular weight excluding hydrogens is 233 g/mol. The fourth-order valence-electron chi connectivity index (χ4n) is 1.96. The van der Waals surface area contributed by atoms with Gasteiger partial charge in [0.25, 0.3) is 0 Å². The molecule has 6 heteroatoms. The highest BCUT2D eigenvalue weighted by molar-refractivity contribution is 5.81. The molecule has 0 saturated carbocycles. The minimum atomic E-state index is -4.77. The summed E-state index contributed by atoms with van der Waals surface area (Å²) < 4.78 is 35.7. The molecule has 0 radical (unpaired) electrons. The van der Waals surface area contributed by atoms with Gasteiger partial charge in [-0.2, -0.15) is 13.2 Å². The SMILES string of the molecule is O=C(NCCN1CCCCCCC1)C(F)(F)F. The summed E-state index contributed by atoms with van der Waals surface area (Å²) in [4.78, 5) is 12.7. The number of halogens is 3. The Kier molecular flexibility index (Phi) is 5.74. The number of alkyl halides is 3. The number of rotatable bonds is 3. The molecule has 17 heavy (non-hydrogen) atoms. The Hall–Kier alpha value is -0.780. The lowest BCUT2D eigenvalue weighted by molar-refractivity contribution is -0.173. The molecular formula is C11H19F3N2O. The lowest BCUT2D eigenvalue weighted by Crippen LogP contribution is -2.41. The van der Waals surface area contributed by atoms with Crippen LogP contribution >= 0.6 is 0 Å². The van der Waals surface area contributed by atoms with E-state index in [1.54, 1.807) is 0 Å². The fraction of sp³-hybridized carbons (Fsp3) is 0.909. The molecule has 0 aromatic carbocycles. The summed E-state index contributed by atoms with van der Waals surface area (Å²) in [6, 6.07) is 0. The van der Waals surface area contributed by atoms with E-state index < -0.39 is 12.1 Å². The van der Waals surface area contributed by atoms with Crippen LogP contribution in [0.4, 0.5) is 13.2 Å². The second-order valence-electron chi connectivity index (χ2n) is 4.36. The van der Waals surface area contributed by atoms with Crippen LogP contribution in [0.1, 0.15) is 32.1 Å². The predicted molar refractivity (Wildman–Crippen MR) is 58.6 cm³/mol. The van der Waals surface area contributed by atoms with Crippen molar-refractivity contribution in [1.29, 1.82) is 0 Å². The predicted octanol–water partition coefficient (Wildman–Crippen LogP) is 1.93. The van der Waals surface area contributed by atoms with Crippen molar-refractivity contribution < 1.29 is 18.0 Å². The second kappa shape index (κ2) is 6.83. The van der Waals surface area contributed by atoms with Crippen molar-refractivity contribution in [3.8, 4) is 0 Å². The molecule has 0 aliphatic carbocycles. The van der Waals surface area contributed by atoms with Crippen LogP contribution in [0.2, 0.25) is 0 Å². The van der Waals surface area contributed by atoms with Crippen LogP contribution in [0.15, 0.2) is 0 Å². The molecule has 1 saturated heterocycles. The second-order valence-corrected chi connectivity index (χ2v) is 4.36. The van der Waals surface area contributed by atoms with Crippen LogP contribution in [-0.2, 0) is 4.79 Å². The zero-order valence-electron chi connectivity index (χ0n) is 9.85. The van der Waals surface area contributed by atoms with Crippen LogP contribution in [0.5, 0.6) is 0 Å². The summed E-state index contributed by atoms with van der Waals surface area (Å²) in [7, 11) is 0. The molecule has 0 unspecified atom stereocenters. The van der Waals surface area contributed by atoms with Crippen molar-refractivity contribution in [2.75, 3.05) is 26.2 Å². The average Bonchev–Trinajstić information content (AvgIpc) is 2.19. The van der Waals surface area contributed by atoms with Crippen molar-refractivity contribution in [2.24, 2.45) is 0 Å². The van der Waals surface area contributed by atoms with Crippen LogP contribution < -0.4 is 5.32 Å². The first-order chi connectivity index (χ1) is 8.00. The number of carbonyl (C=O) groups excluding carboxylic acids is 1. The van der Waals surface area contributed by atoms with Gasteiger partial charge in [-0.3, -0.25) is 4.79 Å². The molecule has 1 heterocycles. The van der Waals surface area contributed by atoms with Gasteiger partial charge >= 0.3 is 12.1 Å². The summed E-state index contributed by atoms with van der Waals surface area (Å²) in [5, 5.41) is 1.90. The molecule has 3 nitrogen and oxygen atoms in total. The molecule has 1 amide bonds. The van der Waals surface area contributed by atoms with Gasteiger partial charge in [0, 0.05) is 13.1 Å². The zero-order valence-corrected chi connectivity index (χ0v) is 9.85. The van der Waals surface area contributed by atoms with Crippen molar-refractivity contribution in [3.05, 3.63) is 0 Å². The molecule has 1 rings (SSSR count). The van der Waals surface area contributed by atoms with E-state index in [2.05, 4.69) is 4.90 Å². The number of nitrogens with one attached hydrogen (secondary N) is 1. The van der Waals surface area contributed by atoms with E-state index in [9.17, 15) is 18.0 Å². The van der Waals surface area contributed by atoms with E-state index in [1.165, 1.54) is 19.3 Å². The first-order valence-electron chi connectivity index (χ1n) is 6.07. The minimum absolute atomic E-state index is 0.0678. The quantitative estimate of drug-likeness (QED) is 0.832. The highest BCUT2D eigenvalue weighted by atomic mass is 19.4. The van der Waals surface area contributed by atoms with E-state index in [0.29, 0.717) is 6.54 Å². The maximum Gasteiger partial charge on any atom is 0.471 e. The van der Waals surface area contributed by atoms with E-state index >= 15 is 0 Å². The van der Waals surface area contributed by atoms with Gasteiger partial charge in [-0.05, 0) is 25.9 Å². The summed E-state index contributed by atoms with van der Waals surface area (Å²) in [6.45, 7) is 2.41. The van der Waals surface area contributed by atoms with E-state index in [-0.39, 0.29) is 6.54 Å². The molecule has 0 atom stereocenters. The first kappa shape index (κ1) is 14.3. The normalized spacial score (nSPS) is 19.5. The third-order valence-electron chi connectivity index (χ3n) is 2.92. The Morgan fingerprint density at radius 3 is 2.12 bits per heavy atom. The van der Waals surface area contributed by atoms with Crippen LogP contribution in [0, 0.1) is 0 Å². The third kappa shape index (κ3) is 5.91. The Morgan fingerprint density at radius 2 is 1.59 bits per heavy atom. The molecule has 1 N–H and O–H groups in total. The fourth-order valence-corrected chi connectivity index (χ4v) is 1.96. The van der Waals surface area contributed by atoms with E-state index in [0.717, 1.165) is 25.9 Å². The summed E-state index contributed by atoms with van der Waals surface area (Å²) >= 11 is 0. The molecule has 0 bridgehead atoms. The van der Waals surface area contributed by atoms with Crippen LogP contribution in [0.25, 0.3) is 0 Å². The molecule has 0 spiro atoms. The van der Waals surface area contributed by atoms with Crippen molar-refractivity contribution in [1.82, 2.24) is 10.2 Å². The van der Waals surface area contributed by atoms with Gasteiger partial charge in [0.2, 0.25) is 0 Å². The van der Waals surface area contributed by atoms with Gasteiger partial charge in [0.15, 0.2) is 0 Å². The van der Waals surface area contributed by atoms with Gasteiger partial charge < -0.3 is 10.2 Å². The average molecular weight is 252 g/mol. The molecule has 1 aliphatic rings. The van der Waals surface area contributed by atoms with Crippen molar-refractivity contribution in [2.45, 2.75) is 38.3 Å². The monoisotopic (exact) mass is 252 g/mol. The first-order valence-corrected chi connectivity index (χ1v) is 6.07. The van der Waals surface area contributed by atoms with Gasteiger partial charge in [-0.15, -0.1) is 0 Å². The summed E-state index contributed by atoms with van der Waals surface area (Å²) in [5.41, 5.74) is 0. The molecule has 100 valence electrons.